The number of amides is 2. The number of ether oxygens (including phenoxy) is 2. The monoisotopic (exact) mass is 363 g/mol. The van der Waals surface area contributed by atoms with Gasteiger partial charge in [0.1, 0.15) is 5.75 Å². The van der Waals surface area contributed by atoms with Gasteiger partial charge in [-0.1, -0.05) is 0 Å². The molecule has 0 aliphatic carbocycles. The third-order valence-electron chi connectivity index (χ3n) is 4.69. The van der Waals surface area contributed by atoms with Crippen LogP contribution in [-0.4, -0.2) is 49.6 Å². The van der Waals surface area contributed by atoms with Gasteiger partial charge in [0, 0.05) is 32.2 Å². The Bertz CT molecular complexity index is 716. The Morgan fingerprint density at radius 2 is 2.31 bits per heavy atom. The lowest BCUT2D eigenvalue weighted by molar-refractivity contribution is -0.384. The topological polar surface area (TPSA) is 111 Å². The van der Waals surface area contributed by atoms with Gasteiger partial charge in [0.2, 0.25) is 11.8 Å². The third kappa shape index (κ3) is 3.77. The molecular formula is C17H21N3O6. The van der Waals surface area contributed by atoms with Crippen LogP contribution in [0.3, 0.4) is 0 Å². The van der Waals surface area contributed by atoms with Gasteiger partial charge < -0.3 is 19.7 Å². The quantitative estimate of drug-likeness (QED) is 0.601. The molecule has 0 radical (unpaired) electrons. The number of nitrogens with one attached hydrogen (secondary N) is 1. The Morgan fingerprint density at radius 3 is 2.96 bits per heavy atom. The molecule has 2 saturated heterocycles. The predicted molar refractivity (Wildman–Crippen MR) is 92.1 cm³/mol. The fourth-order valence-corrected chi connectivity index (χ4v) is 3.28. The van der Waals surface area contributed by atoms with Gasteiger partial charge in [-0.2, -0.15) is 0 Å². The molecule has 2 atom stereocenters. The molecule has 26 heavy (non-hydrogen) atoms. The molecule has 0 aromatic heterocycles. The summed E-state index contributed by atoms with van der Waals surface area (Å²) in [5.74, 6) is -0.636. The minimum Gasteiger partial charge on any atom is -0.494 e. The molecule has 1 aromatic carbocycles. The fourth-order valence-electron chi connectivity index (χ4n) is 3.28. The maximum atomic E-state index is 12.4. The van der Waals surface area contributed by atoms with E-state index in [1.807, 2.05) is 0 Å². The van der Waals surface area contributed by atoms with E-state index in [2.05, 4.69) is 5.32 Å². The zero-order valence-corrected chi connectivity index (χ0v) is 14.5. The molecule has 2 aliphatic heterocycles. The zero-order valence-electron chi connectivity index (χ0n) is 14.5. The molecular weight excluding hydrogens is 342 g/mol. The van der Waals surface area contributed by atoms with Gasteiger partial charge >= 0.3 is 0 Å². The highest BCUT2D eigenvalue weighted by Crippen LogP contribution is 2.35. The summed E-state index contributed by atoms with van der Waals surface area (Å²) in [5, 5.41) is 13.7. The van der Waals surface area contributed by atoms with Crippen molar-refractivity contribution in [3.05, 3.63) is 28.3 Å². The molecule has 0 spiro atoms. The van der Waals surface area contributed by atoms with Gasteiger partial charge in [0.05, 0.1) is 35.8 Å². The van der Waals surface area contributed by atoms with Crippen LogP contribution in [0.4, 0.5) is 11.4 Å². The summed E-state index contributed by atoms with van der Waals surface area (Å²) in [4.78, 5) is 36.5. The van der Waals surface area contributed by atoms with E-state index in [9.17, 15) is 19.7 Å². The van der Waals surface area contributed by atoms with Crippen LogP contribution in [0.15, 0.2) is 18.2 Å². The maximum absolute atomic E-state index is 12.4. The van der Waals surface area contributed by atoms with Crippen molar-refractivity contribution in [1.29, 1.82) is 0 Å². The molecule has 140 valence electrons. The molecule has 9 nitrogen and oxygen atoms in total. The second-order valence-corrected chi connectivity index (χ2v) is 6.40. The first-order valence-corrected chi connectivity index (χ1v) is 8.51. The van der Waals surface area contributed by atoms with Crippen molar-refractivity contribution in [2.45, 2.75) is 25.4 Å². The molecule has 0 unspecified atom stereocenters. The number of carbonyl (C=O) groups excluding carboxylic acids is 2. The Kier molecular flexibility index (Phi) is 5.36. The van der Waals surface area contributed by atoms with E-state index < -0.39 is 10.8 Å². The van der Waals surface area contributed by atoms with E-state index in [0.29, 0.717) is 12.2 Å². The smallest absolute Gasteiger partial charge is 0.273 e. The van der Waals surface area contributed by atoms with E-state index in [1.54, 1.807) is 0 Å². The van der Waals surface area contributed by atoms with Crippen LogP contribution < -0.4 is 15.0 Å². The van der Waals surface area contributed by atoms with Crippen molar-refractivity contribution in [2.24, 2.45) is 5.92 Å². The number of non-ortho nitro benzene ring substituents is 1. The lowest BCUT2D eigenvalue weighted by Crippen LogP contribution is -2.37. The maximum Gasteiger partial charge on any atom is 0.273 e. The van der Waals surface area contributed by atoms with Crippen molar-refractivity contribution in [3.8, 4) is 5.75 Å². The van der Waals surface area contributed by atoms with Crippen molar-refractivity contribution in [2.75, 3.05) is 31.7 Å². The predicted octanol–water partition coefficient (Wildman–Crippen LogP) is 1.25. The number of anilines is 1. The number of rotatable bonds is 6. The molecule has 2 aliphatic rings. The van der Waals surface area contributed by atoms with Gasteiger partial charge in [0.15, 0.2) is 0 Å². The van der Waals surface area contributed by atoms with Crippen LogP contribution >= 0.6 is 0 Å². The van der Waals surface area contributed by atoms with Gasteiger partial charge in [-0.05, 0) is 18.9 Å². The first-order valence-electron chi connectivity index (χ1n) is 8.51. The van der Waals surface area contributed by atoms with Gasteiger partial charge in [-0.15, -0.1) is 0 Å². The number of hydrogen-bond donors (Lipinski definition) is 1. The van der Waals surface area contributed by atoms with E-state index in [4.69, 9.17) is 9.47 Å². The van der Waals surface area contributed by atoms with Gasteiger partial charge in [-0.3, -0.25) is 19.7 Å². The van der Waals surface area contributed by atoms with Crippen LogP contribution in [0.25, 0.3) is 0 Å². The molecule has 1 aromatic rings. The lowest BCUT2D eigenvalue weighted by atomic mass is 10.1. The molecule has 3 rings (SSSR count). The molecule has 2 amide bonds. The average Bonchev–Trinajstić information content (AvgIpc) is 3.28. The highest BCUT2D eigenvalue weighted by Gasteiger charge is 2.36. The number of nitrogens with zero attached hydrogens (tertiary/aromatic N) is 2. The Labute approximate surface area is 150 Å². The molecule has 0 bridgehead atoms. The van der Waals surface area contributed by atoms with Crippen molar-refractivity contribution < 1.29 is 24.0 Å². The molecule has 2 heterocycles. The van der Waals surface area contributed by atoms with Crippen LogP contribution in [0, 0.1) is 16.0 Å². The first kappa shape index (κ1) is 18.1. The van der Waals surface area contributed by atoms with Crippen LogP contribution in [-0.2, 0) is 14.3 Å². The Morgan fingerprint density at radius 1 is 1.50 bits per heavy atom. The van der Waals surface area contributed by atoms with Crippen LogP contribution in [0.1, 0.15) is 19.3 Å². The SMILES string of the molecule is COc1cc([N+](=O)[O-])ccc1N1C[C@@H](C(=O)NC[C@@H]2CCCO2)CC1=O. The Hall–Kier alpha value is -2.68. The zero-order chi connectivity index (χ0) is 18.7. The van der Waals surface area contributed by atoms with Crippen molar-refractivity contribution in [3.63, 3.8) is 0 Å². The third-order valence-corrected chi connectivity index (χ3v) is 4.69. The van der Waals surface area contributed by atoms with Crippen molar-refractivity contribution >= 4 is 23.2 Å². The highest BCUT2D eigenvalue weighted by molar-refractivity contribution is 6.01. The summed E-state index contributed by atoms with van der Waals surface area (Å²) in [7, 11) is 1.38. The Balaban J connectivity index is 1.67. The highest BCUT2D eigenvalue weighted by atomic mass is 16.6. The van der Waals surface area contributed by atoms with Crippen molar-refractivity contribution in [1.82, 2.24) is 5.32 Å². The molecule has 0 saturated carbocycles. The average molecular weight is 363 g/mol. The standard InChI is InChI=1S/C17H21N3O6/c1-25-15-8-12(20(23)24)4-5-14(15)19-10-11(7-16(19)21)17(22)18-9-13-3-2-6-26-13/h4-5,8,11,13H,2-3,6-7,9-10H2,1H3,(H,18,22)/t11-,13-/m0/s1. The molecule has 9 heteroatoms. The van der Waals surface area contributed by atoms with E-state index in [1.165, 1.54) is 30.2 Å². The minimum atomic E-state index is -0.528. The second kappa shape index (κ2) is 7.69. The summed E-state index contributed by atoms with van der Waals surface area (Å²) in [6.07, 6.45) is 2.06. The second-order valence-electron chi connectivity index (χ2n) is 6.40. The number of carbonyl (C=O) groups is 2. The number of benzene rings is 1. The van der Waals surface area contributed by atoms with E-state index >= 15 is 0 Å². The summed E-state index contributed by atoms with van der Waals surface area (Å²) in [6.45, 7) is 1.38. The number of methoxy groups -OCH3 is 1. The first-order chi connectivity index (χ1) is 12.5. The van der Waals surface area contributed by atoms with E-state index in [0.717, 1.165) is 19.4 Å². The van der Waals surface area contributed by atoms with E-state index in [-0.39, 0.29) is 42.3 Å². The van der Waals surface area contributed by atoms with Gasteiger partial charge in [0.25, 0.3) is 5.69 Å². The summed E-state index contributed by atoms with van der Waals surface area (Å²) >= 11 is 0. The number of nitro groups is 1. The number of nitro benzene ring substituents is 1. The molecule has 1 N–H and O–H groups in total. The normalized spacial score (nSPS) is 22.5. The van der Waals surface area contributed by atoms with Gasteiger partial charge in [-0.25, -0.2) is 0 Å². The largest absolute Gasteiger partial charge is 0.494 e. The summed E-state index contributed by atoms with van der Waals surface area (Å²) in [5.41, 5.74) is 0.306. The lowest BCUT2D eigenvalue weighted by Gasteiger charge is -2.19. The van der Waals surface area contributed by atoms with Crippen LogP contribution in [0.5, 0.6) is 5.75 Å². The fraction of sp³-hybridized carbons (Fsp3) is 0.529. The molecule has 2 fully saturated rings. The van der Waals surface area contributed by atoms with Crippen LogP contribution in [0.2, 0.25) is 0 Å². The minimum absolute atomic E-state index is 0.0434. The summed E-state index contributed by atoms with van der Waals surface area (Å²) < 4.78 is 10.7. The summed E-state index contributed by atoms with van der Waals surface area (Å²) in [6, 6.07) is 4.06. The number of hydrogen-bond acceptors (Lipinski definition) is 6.